The zero-order valence-corrected chi connectivity index (χ0v) is 9.73. The molecular formula is C12H8ClNO4. The lowest BCUT2D eigenvalue weighted by molar-refractivity contribution is 0.0695. The van der Waals surface area contributed by atoms with Crippen LogP contribution >= 0.6 is 11.6 Å². The summed E-state index contributed by atoms with van der Waals surface area (Å²) >= 11 is 5.95. The Kier molecular flexibility index (Phi) is 3.08. The van der Waals surface area contributed by atoms with E-state index in [0.717, 1.165) is 0 Å². The largest absolute Gasteiger partial charge is 0.508 e. The predicted molar refractivity (Wildman–Crippen MR) is 66.1 cm³/mol. The van der Waals surface area contributed by atoms with Gasteiger partial charge in [-0.2, -0.15) is 0 Å². The predicted octanol–water partition coefficient (Wildman–Crippen LogP) is 2.10. The molecule has 2 rings (SSSR count). The molecular weight excluding hydrogens is 258 g/mol. The van der Waals surface area contributed by atoms with Gasteiger partial charge in [0.15, 0.2) is 0 Å². The topological polar surface area (TPSA) is 90.4 Å². The van der Waals surface area contributed by atoms with Crippen LogP contribution in [0.3, 0.4) is 0 Å². The molecule has 0 aliphatic heterocycles. The number of rotatable bonds is 2. The maximum Gasteiger partial charge on any atom is 0.341 e. The van der Waals surface area contributed by atoms with Crippen molar-refractivity contribution in [3.8, 4) is 16.9 Å². The molecule has 0 aliphatic rings. The van der Waals surface area contributed by atoms with E-state index in [2.05, 4.69) is 4.98 Å². The molecule has 0 saturated heterocycles. The number of phenolic OH excluding ortho intramolecular Hbond substituents is 1. The fourth-order valence-corrected chi connectivity index (χ4v) is 1.76. The third-order valence-electron chi connectivity index (χ3n) is 2.39. The summed E-state index contributed by atoms with van der Waals surface area (Å²) in [5.74, 6) is -1.33. The van der Waals surface area contributed by atoms with E-state index < -0.39 is 11.5 Å². The van der Waals surface area contributed by atoms with Gasteiger partial charge in [0, 0.05) is 22.3 Å². The third-order valence-corrected chi connectivity index (χ3v) is 2.72. The molecule has 1 aromatic carbocycles. The van der Waals surface area contributed by atoms with Crippen LogP contribution in [-0.2, 0) is 0 Å². The standard InChI is InChI=1S/C12H8ClNO4/c13-10-2-1-7(15)4-8(10)6-3-9(12(17)18)11(16)14-5-6/h1-5,15H,(H,14,16)(H,17,18). The lowest BCUT2D eigenvalue weighted by Gasteiger charge is -2.05. The third kappa shape index (κ3) is 2.21. The Morgan fingerprint density at radius 3 is 2.67 bits per heavy atom. The van der Waals surface area contributed by atoms with Crippen LogP contribution in [0.4, 0.5) is 0 Å². The van der Waals surface area contributed by atoms with Gasteiger partial charge in [0.05, 0.1) is 0 Å². The van der Waals surface area contributed by atoms with Crippen LogP contribution in [0.1, 0.15) is 10.4 Å². The first-order chi connectivity index (χ1) is 8.49. The summed E-state index contributed by atoms with van der Waals surface area (Å²) in [5.41, 5.74) is -0.224. The van der Waals surface area contributed by atoms with E-state index in [1.54, 1.807) is 0 Å². The number of aromatic carboxylic acids is 1. The molecule has 0 atom stereocenters. The number of hydrogen-bond acceptors (Lipinski definition) is 3. The zero-order chi connectivity index (χ0) is 13.3. The number of benzene rings is 1. The molecule has 3 N–H and O–H groups in total. The molecule has 0 radical (unpaired) electrons. The van der Waals surface area contributed by atoms with Crippen LogP contribution in [0.5, 0.6) is 5.75 Å². The number of pyridine rings is 1. The molecule has 0 bridgehead atoms. The number of phenols is 1. The smallest absolute Gasteiger partial charge is 0.341 e. The molecule has 18 heavy (non-hydrogen) atoms. The molecule has 0 amide bonds. The minimum Gasteiger partial charge on any atom is -0.508 e. The van der Waals surface area contributed by atoms with Gasteiger partial charge in [-0.1, -0.05) is 11.6 Å². The number of aromatic amines is 1. The molecule has 0 aliphatic carbocycles. The average molecular weight is 266 g/mol. The lowest BCUT2D eigenvalue weighted by atomic mass is 10.1. The van der Waals surface area contributed by atoms with Gasteiger partial charge in [0.2, 0.25) is 0 Å². The first-order valence-electron chi connectivity index (χ1n) is 4.94. The summed E-state index contributed by atoms with van der Waals surface area (Å²) < 4.78 is 0. The SMILES string of the molecule is O=C(O)c1cc(-c2cc(O)ccc2Cl)c[nH]c1=O. The average Bonchev–Trinajstić information content (AvgIpc) is 2.33. The van der Waals surface area contributed by atoms with Gasteiger partial charge in [-0.15, -0.1) is 0 Å². The highest BCUT2D eigenvalue weighted by atomic mass is 35.5. The van der Waals surface area contributed by atoms with Gasteiger partial charge in [-0.05, 0) is 24.3 Å². The monoisotopic (exact) mass is 265 g/mol. The van der Waals surface area contributed by atoms with Gasteiger partial charge in [-0.25, -0.2) is 4.79 Å². The summed E-state index contributed by atoms with van der Waals surface area (Å²) in [7, 11) is 0. The first kappa shape index (κ1) is 12.2. The Bertz CT molecular complexity index is 678. The van der Waals surface area contributed by atoms with Gasteiger partial charge >= 0.3 is 5.97 Å². The highest BCUT2D eigenvalue weighted by Gasteiger charge is 2.12. The molecule has 2 aromatic rings. The van der Waals surface area contributed by atoms with Gasteiger partial charge in [0.1, 0.15) is 11.3 Å². The molecule has 0 spiro atoms. The lowest BCUT2D eigenvalue weighted by Crippen LogP contribution is -2.16. The number of H-pyrrole nitrogens is 1. The summed E-state index contributed by atoms with van der Waals surface area (Å²) in [6.45, 7) is 0. The van der Waals surface area contributed by atoms with Crippen LogP contribution in [0.2, 0.25) is 5.02 Å². The summed E-state index contributed by atoms with van der Waals surface area (Å²) in [6, 6.07) is 5.50. The van der Waals surface area contributed by atoms with Crippen molar-refractivity contribution in [2.75, 3.05) is 0 Å². The van der Waals surface area contributed by atoms with Gasteiger partial charge in [0.25, 0.3) is 5.56 Å². The molecule has 1 heterocycles. The molecule has 0 saturated carbocycles. The Balaban J connectivity index is 2.65. The minimum absolute atomic E-state index is 0.00234. The van der Waals surface area contributed by atoms with Crippen molar-refractivity contribution >= 4 is 17.6 Å². The second-order valence-corrected chi connectivity index (χ2v) is 4.01. The Labute approximate surface area is 106 Å². The van der Waals surface area contributed by atoms with E-state index in [-0.39, 0.29) is 11.3 Å². The number of carboxylic acid groups (broad SMARTS) is 1. The highest BCUT2D eigenvalue weighted by molar-refractivity contribution is 6.33. The first-order valence-corrected chi connectivity index (χ1v) is 5.32. The van der Waals surface area contributed by atoms with Crippen LogP contribution in [0.15, 0.2) is 35.3 Å². The molecule has 92 valence electrons. The Morgan fingerprint density at radius 2 is 2.00 bits per heavy atom. The van der Waals surface area contributed by atoms with Crippen molar-refractivity contribution in [3.63, 3.8) is 0 Å². The molecule has 0 unspecified atom stereocenters. The van der Waals surface area contributed by atoms with Crippen molar-refractivity contribution in [1.82, 2.24) is 4.98 Å². The Hall–Kier alpha value is -2.27. The summed E-state index contributed by atoms with van der Waals surface area (Å²) in [4.78, 5) is 24.5. The number of nitrogens with one attached hydrogen (secondary N) is 1. The van der Waals surface area contributed by atoms with Crippen molar-refractivity contribution in [2.45, 2.75) is 0 Å². The van der Waals surface area contributed by atoms with Gasteiger partial charge in [-0.3, -0.25) is 4.79 Å². The fourth-order valence-electron chi connectivity index (χ4n) is 1.53. The molecule has 1 aromatic heterocycles. The maximum atomic E-state index is 11.3. The van der Waals surface area contributed by atoms with Crippen LogP contribution in [-0.4, -0.2) is 21.2 Å². The van der Waals surface area contributed by atoms with E-state index in [1.165, 1.54) is 30.5 Å². The van der Waals surface area contributed by atoms with Crippen molar-refractivity contribution in [2.24, 2.45) is 0 Å². The number of aromatic nitrogens is 1. The molecule has 0 fully saturated rings. The number of aromatic hydroxyl groups is 1. The number of hydrogen-bond donors (Lipinski definition) is 3. The van der Waals surface area contributed by atoms with E-state index in [1.807, 2.05) is 0 Å². The van der Waals surface area contributed by atoms with E-state index in [4.69, 9.17) is 16.7 Å². The highest BCUT2D eigenvalue weighted by Crippen LogP contribution is 2.30. The van der Waals surface area contributed by atoms with Gasteiger partial charge < -0.3 is 15.2 Å². The van der Waals surface area contributed by atoms with Crippen LogP contribution in [0.25, 0.3) is 11.1 Å². The second kappa shape index (κ2) is 4.54. The van der Waals surface area contributed by atoms with Crippen molar-refractivity contribution < 1.29 is 15.0 Å². The van der Waals surface area contributed by atoms with Crippen LogP contribution < -0.4 is 5.56 Å². The normalized spacial score (nSPS) is 10.3. The van der Waals surface area contributed by atoms with E-state index >= 15 is 0 Å². The van der Waals surface area contributed by atoms with Crippen LogP contribution in [0, 0.1) is 0 Å². The van der Waals surface area contributed by atoms with E-state index in [9.17, 15) is 14.7 Å². The Morgan fingerprint density at radius 1 is 1.28 bits per heavy atom. The maximum absolute atomic E-state index is 11.3. The van der Waals surface area contributed by atoms with Crippen molar-refractivity contribution in [1.29, 1.82) is 0 Å². The van der Waals surface area contributed by atoms with E-state index in [0.29, 0.717) is 16.1 Å². The summed E-state index contributed by atoms with van der Waals surface area (Å²) in [5, 5.41) is 18.6. The second-order valence-electron chi connectivity index (χ2n) is 3.60. The number of carbonyl (C=O) groups is 1. The fraction of sp³-hybridized carbons (Fsp3) is 0. The minimum atomic E-state index is -1.32. The summed E-state index contributed by atoms with van der Waals surface area (Å²) in [6.07, 6.45) is 1.34. The molecule has 5 nitrogen and oxygen atoms in total. The number of carboxylic acids is 1. The zero-order valence-electron chi connectivity index (χ0n) is 8.98. The van der Waals surface area contributed by atoms with Crippen molar-refractivity contribution in [3.05, 3.63) is 51.4 Å². The number of halogens is 1. The molecule has 6 heteroatoms. The quantitative estimate of drug-likeness (QED) is 0.775.